The van der Waals surface area contributed by atoms with Gasteiger partial charge in [0.1, 0.15) is 23.3 Å². The predicted octanol–water partition coefficient (Wildman–Crippen LogP) is 15.8. The van der Waals surface area contributed by atoms with Gasteiger partial charge >= 0.3 is 0 Å². The molecule has 0 aliphatic heterocycles. The Balaban J connectivity index is 1.09. The van der Waals surface area contributed by atoms with Crippen LogP contribution in [0.3, 0.4) is 0 Å². The minimum Gasteiger partial charge on any atom is -0.207 e. The molecular formula is C55H34F4. The fraction of sp³-hybridized carbons (Fsp3) is 0.0545. The van der Waals surface area contributed by atoms with Gasteiger partial charge in [-0.1, -0.05) is 135 Å². The zero-order chi connectivity index (χ0) is 40.2. The maximum absolute atomic E-state index is 15.5. The lowest BCUT2D eigenvalue weighted by molar-refractivity contribution is 0.585. The highest BCUT2D eigenvalue weighted by Gasteiger charge is 2.36. The molecule has 0 heterocycles. The summed E-state index contributed by atoms with van der Waals surface area (Å²) in [6, 6.07) is 53.4. The molecule has 0 nitrogen and oxygen atoms in total. The van der Waals surface area contributed by atoms with Crippen LogP contribution in [-0.2, 0) is 5.41 Å². The molecule has 1 aliphatic carbocycles. The van der Waals surface area contributed by atoms with Crippen molar-refractivity contribution in [3.63, 3.8) is 0 Å². The number of hydrogen-bond donors (Lipinski definition) is 0. The Kier molecular flexibility index (Phi) is 7.74. The van der Waals surface area contributed by atoms with Crippen molar-refractivity contribution in [2.75, 3.05) is 0 Å². The zero-order valence-electron chi connectivity index (χ0n) is 32.2. The summed E-state index contributed by atoms with van der Waals surface area (Å²) in [7, 11) is 0. The Morgan fingerprint density at radius 1 is 0.305 bits per heavy atom. The topological polar surface area (TPSA) is 0 Å². The van der Waals surface area contributed by atoms with Crippen molar-refractivity contribution in [2.45, 2.75) is 19.3 Å². The molecule has 282 valence electrons. The minimum absolute atomic E-state index is 0.365. The second-order valence-corrected chi connectivity index (χ2v) is 16.1. The third-order valence-electron chi connectivity index (χ3n) is 12.5. The Labute approximate surface area is 338 Å². The quantitative estimate of drug-likeness (QED) is 0.124. The summed E-state index contributed by atoms with van der Waals surface area (Å²) in [6.07, 6.45) is 0. The first-order valence-corrected chi connectivity index (χ1v) is 19.8. The highest BCUT2D eigenvalue weighted by molar-refractivity contribution is 6.23. The third-order valence-corrected chi connectivity index (χ3v) is 12.5. The second kappa shape index (κ2) is 13.0. The van der Waals surface area contributed by atoms with Crippen molar-refractivity contribution in [2.24, 2.45) is 0 Å². The van der Waals surface area contributed by atoms with E-state index in [2.05, 4.69) is 74.5 Å². The monoisotopic (exact) mass is 770 g/mol. The normalized spacial score (nSPS) is 13.1. The zero-order valence-corrected chi connectivity index (χ0v) is 32.2. The van der Waals surface area contributed by atoms with Gasteiger partial charge in [-0.15, -0.1) is 0 Å². The summed E-state index contributed by atoms with van der Waals surface area (Å²) in [6.45, 7) is 4.55. The Morgan fingerprint density at radius 3 is 0.898 bits per heavy atom. The van der Waals surface area contributed by atoms with E-state index in [9.17, 15) is 8.78 Å². The smallest absolute Gasteiger partial charge is 0.133 e. The van der Waals surface area contributed by atoms with E-state index < -0.39 is 23.3 Å². The lowest BCUT2D eigenvalue weighted by atomic mass is 9.79. The van der Waals surface area contributed by atoms with Crippen LogP contribution in [0.4, 0.5) is 17.6 Å². The van der Waals surface area contributed by atoms with Crippen LogP contribution in [-0.4, -0.2) is 0 Å². The third kappa shape index (κ3) is 5.22. The summed E-state index contributed by atoms with van der Waals surface area (Å²) in [5, 5.41) is 7.54. The lowest BCUT2D eigenvalue weighted by Crippen LogP contribution is -2.15. The van der Waals surface area contributed by atoms with Crippen molar-refractivity contribution in [1.29, 1.82) is 0 Å². The van der Waals surface area contributed by atoms with Crippen LogP contribution in [0.5, 0.6) is 0 Å². The van der Waals surface area contributed by atoms with E-state index in [1.807, 2.05) is 72.8 Å². The van der Waals surface area contributed by atoms with Gasteiger partial charge in [0.25, 0.3) is 0 Å². The molecule has 0 radical (unpaired) electrons. The van der Waals surface area contributed by atoms with Gasteiger partial charge in [0.2, 0.25) is 0 Å². The van der Waals surface area contributed by atoms with Crippen LogP contribution < -0.4 is 0 Å². The largest absolute Gasteiger partial charge is 0.207 e. The number of benzene rings is 10. The first-order chi connectivity index (χ1) is 28.7. The van der Waals surface area contributed by atoms with E-state index in [1.165, 1.54) is 46.5 Å². The van der Waals surface area contributed by atoms with Crippen LogP contribution >= 0.6 is 0 Å². The molecule has 10 aromatic rings. The van der Waals surface area contributed by atoms with Crippen LogP contribution in [0.1, 0.15) is 25.0 Å². The van der Waals surface area contributed by atoms with Crippen molar-refractivity contribution < 1.29 is 17.6 Å². The molecular weight excluding hydrogens is 737 g/mol. The maximum Gasteiger partial charge on any atom is 0.133 e. The van der Waals surface area contributed by atoms with E-state index in [4.69, 9.17) is 0 Å². The summed E-state index contributed by atoms with van der Waals surface area (Å²) in [4.78, 5) is 0. The lowest BCUT2D eigenvalue weighted by Gasteiger charge is -2.24. The maximum atomic E-state index is 15.5. The SMILES string of the molecule is CC1(C)c2cc(-c3c4ccccc4c(-c4ccc(F)cc4F)c4ccccc34)ccc2-c2ccc(-c3c4ccccc4c(-c4ccc(F)cc4F)c4ccccc34)cc21. The van der Waals surface area contributed by atoms with E-state index in [1.54, 1.807) is 0 Å². The molecule has 0 N–H and O–H groups in total. The highest BCUT2D eigenvalue weighted by Crippen LogP contribution is 2.53. The van der Waals surface area contributed by atoms with Crippen LogP contribution in [0.2, 0.25) is 0 Å². The number of rotatable bonds is 4. The second-order valence-electron chi connectivity index (χ2n) is 16.1. The number of halogens is 4. The van der Waals surface area contributed by atoms with Crippen LogP contribution in [0.25, 0.3) is 98.7 Å². The number of hydrogen-bond acceptors (Lipinski definition) is 0. The van der Waals surface area contributed by atoms with Crippen molar-refractivity contribution in [1.82, 2.24) is 0 Å². The minimum atomic E-state index is -0.608. The molecule has 0 amide bonds. The van der Waals surface area contributed by atoms with Crippen LogP contribution in [0.15, 0.2) is 170 Å². The molecule has 4 heteroatoms. The molecule has 10 aromatic carbocycles. The molecule has 11 rings (SSSR count). The molecule has 0 atom stereocenters. The molecule has 0 bridgehead atoms. The molecule has 0 aromatic heterocycles. The first kappa shape index (κ1) is 35.1. The van der Waals surface area contributed by atoms with E-state index in [-0.39, 0.29) is 5.41 Å². The van der Waals surface area contributed by atoms with Gasteiger partial charge in [0, 0.05) is 39.8 Å². The summed E-state index contributed by atoms with van der Waals surface area (Å²) < 4.78 is 59.3. The first-order valence-electron chi connectivity index (χ1n) is 19.8. The van der Waals surface area contributed by atoms with Crippen molar-refractivity contribution >= 4 is 43.1 Å². The van der Waals surface area contributed by atoms with Gasteiger partial charge in [-0.05, 0) is 124 Å². The fourth-order valence-corrected chi connectivity index (χ4v) is 9.89. The van der Waals surface area contributed by atoms with E-state index in [0.29, 0.717) is 11.1 Å². The predicted molar refractivity (Wildman–Crippen MR) is 236 cm³/mol. The highest BCUT2D eigenvalue weighted by atomic mass is 19.1. The van der Waals surface area contributed by atoms with Crippen LogP contribution in [0, 0.1) is 23.3 Å². The molecule has 0 saturated carbocycles. The molecule has 0 unspecified atom stereocenters. The van der Waals surface area contributed by atoms with Gasteiger partial charge in [-0.2, -0.15) is 0 Å². The van der Waals surface area contributed by atoms with Gasteiger partial charge in [-0.25, -0.2) is 17.6 Å². The summed E-state index contributed by atoms with van der Waals surface area (Å²) >= 11 is 0. The average molecular weight is 771 g/mol. The van der Waals surface area contributed by atoms with E-state index >= 15 is 8.78 Å². The Hall–Kier alpha value is -7.04. The molecule has 0 saturated heterocycles. The van der Waals surface area contributed by atoms with Gasteiger partial charge in [0.05, 0.1) is 0 Å². The molecule has 0 spiro atoms. The average Bonchev–Trinajstić information content (AvgIpc) is 3.47. The standard InChI is InChI=1S/C55H34F4/c1-55(2)47-27-31(51-37-11-3-7-15-41(37)53(42-16-8-4-12-38(42)51)45-25-21-33(56)29-49(45)58)19-23-35(47)36-24-20-32(28-48(36)55)52-39-13-5-9-17-43(39)54(44-18-10-6-14-40(44)52)46-26-22-34(57)30-50(46)59/h3-30H,1-2H3. The van der Waals surface area contributed by atoms with Gasteiger partial charge < -0.3 is 0 Å². The molecule has 0 fully saturated rings. The number of fused-ring (bicyclic) bond motifs is 7. The summed E-state index contributed by atoms with van der Waals surface area (Å²) in [5.41, 5.74) is 10.9. The van der Waals surface area contributed by atoms with Crippen molar-refractivity contribution in [3.05, 3.63) is 204 Å². The van der Waals surface area contributed by atoms with Crippen molar-refractivity contribution in [3.8, 4) is 55.6 Å². The fourth-order valence-electron chi connectivity index (χ4n) is 9.89. The summed E-state index contributed by atoms with van der Waals surface area (Å²) in [5.74, 6) is -2.40. The molecule has 1 aliphatic rings. The Bertz CT molecular complexity index is 3070. The van der Waals surface area contributed by atoms with Gasteiger partial charge in [-0.3, -0.25) is 0 Å². The van der Waals surface area contributed by atoms with Gasteiger partial charge in [0.15, 0.2) is 0 Å². The Morgan fingerprint density at radius 2 is 0.593 bits per heavy atom. The van der Waals surface area contributed by atoms with E-state index in [0.717, 1.165) is 88.6 Å². The molecule has 59 heavy (non-hydrogen) atoms.